The van der Waals surface area contributed by atoms with Gasteiger partial charge in [0.2, 0.25) is 11.9 Å². The summed E-state index contributed by atoms with van der Waals surface area (Å²) in [7, 11) is 4.85. The molecular formula is C80H114BBrCl2N18O8P2. The average Bonchev–Trinajstić information content (AvgIpc) is 1.62. The number of nitrogens with zero attached hydrogens (tertiary/aromatic N) is 14. The molecule has 0 saturated carbocycles. The van der Waals surface area contributed by atoms with Gasteiger partial charge in [-0.25, -0.2) is 29.9 Å². The highest BCUT2D eigenvalue weighted by Crippen LogP contribution is 2.44. The quantitative estimate of drug-likeness (QED) is 0.0279. The van der Waals surface area contributed by atoms with Crippen LogP contribution in [0, 0.1) is 0 Å². The summed E-state index contributed by atoms with van der Waals surface area (Å²) in [4.78, 5) is 50.1. The molecule has 4 N–H and O–H groups in total. The van der Waals surface area contributed by atoms with E-state index in [1.165, 1.54) is 22.5 Å². The summed E-state index contributed by atoms with van der Waals surface area (Å²) in [6, 6.07) is 21.1. The molecule has 5 fully saturated rings. The first-order valence-corrected chi connectivity index (χ1v) is 44.2. The highest BCUT2D eigenvalue weighted by atomic mass is 79.9. The molecule has 0 amide bonds. The Morgan fingerprint density at radius 3 is 1.29 bits per heavy atom. The molecule has 0 aliphatic carbocycles. The van der Waals surface area contributed by atoms with E-state index in [0.29, 0.717) is 95.5 Å². The molecule has 0 bridgehead atoms. The molecule has 8 aromatic rings. The fourth-order valence-corrected chi connectivity index (χ4v) is 17.0. The Kier molecular flexibility index (Phi) is 30.6. The van der Waals surface area contributed by atoms with Crippen LogP contribution in [-0.2, 0) is 31.3 Å². The monoisotopic (exact) mass is 1680 g/mol. The fourth-order valence-electron chi connectivity index (χ4n) is 14.2. The van der Waals surface area contributed by atoms with E-state index in [2.05, 4.69) is 149 Å². The summed E-state index contributed by atoms with van der Waals surface area (Å²) in [5.74, 6) is 4.62. The van der Waals surface area contributed by atoms with E-state index in [1.54, 1.807) is 92.3 Å². The molecule has 5 saturated heterocycles. The fraction of sp³-hybridized carbons (Fsp3) is 0.500. The number of hydrogen-bond acceptors (Lipinski definition) is 26. The average molecular weight is 1680 g/mol. The Bertz CT molecular complexity index is 4540. The van der Waals surface area contributed by atoms with Crippen LogP contribution in [0.5, 0.6) is 23.0 Å². The smallest absolute Gasteiger partial charge is 0.494 e. The molecular weight excluding hydrogens is 1560 g/mol. The highest BCUT2D eigenvalue weighted by Gasteiger charge is 2.52. The number of likely N-dealkylation sites (N-methyl/N-ethyl adjacent to an activating group) is 2. The summed E-state index contributed by atoms with van der Waals surface area (Å²) < 4.78 is 62.0. The van der Waals surface area contributed by atoms with Crippen LogP contribution in [0.2, 0.25) is 10.0 Å². The molecule has 5 aliphatic heterocycles. The number of benzene rings is 4. The number of hydrogen-bond donors (Lipinski definition) is 4. The molecule has 13 rings (SSSR count). The van der Waals surface area contributed by atoms with Crippen molar-refractivity contribution in [2.45, 2.75) is 118 Å². The van der Waals surface area contributed by atoms with Crippen LogP contribution in [0.4, 0.5) is 57.7 Å². The van der Waals surface area contributed by atoms with Crippen LogP contribution in [0.15, 0.2) is 103 Å². The molecule has 4 aromatic carbocycles. The standard InChI is InChI=1S/C37H54BClN7O4P.C36H47ClN9O3P.C5H5BrN2O.2CH4/c1-10-25-21-30(32(48-7)23-31(25)46-15-13-27(14-16-46)45-19-17-44(6)18-20-45)42-35-40-24-28(39)34(43-35)41-29-12-11-26(22-33(29)51(8,9)47)38-49-36(2,3)37(4,5)50-38;1-7-24-18-30(32(49-4)20-31(24)46-12-10-26(11-13-46)45-16-14-44(2)15-17-45)42-36-40-23-28(37)35(43-36)41-29-9-8-25(19-33(29)50(5,6)47)34-38-21-27(48-3)22-39-34;1-9-4-2-7-5(6)8-3-4;;/h11-12,21-24,27H,10,13-20H2,1-9H3,(H2,40,41,42,43);8-9,18-23,26H,7,10-17H2,1-6H3,(H2,40,41,42,43);2-3H,1H3;2*1H4. The largest absolute Gasteiger partial charge is 0.494 e. The SMILES string of the molecule is C.C.CCc1cc(Nc2ncc(Cl)c(Nc3ccc(-c4ncc(OC)cn4)cc3P(C)(C)=O)n2)c(OC)cc1N1CCC(N2CCN(C)CC2)CC1.CCc1cc(Nc2ncc(Cl)c(Nc3ccc(B4OC(C)(C)C(C)(C)O4)cc3P(C)(C)=O)n2)c(OC)cc1N1CCC(N2CCN(C)CC2)CC1.COc1cnc(Br)nc1. The Morgan fingerprint density at radius 2 is 0.902 bits per heavy atom. The first-order chi connectivity index (χ1) is 52.5. The van der Waals surface area contributed by atoms with Gasteiger partial charge in [0, 0.05) is 130 Å². The molecule has 606 valence electrons. The van der Waals surface area contributed by atoms with Crippen molar-refractivity contribution in [2.75, 3.05) is 179 Å². The molecule has 0 spiro atoms. The number of anilines is 10. The summed E-state index contributed by atoms with van der Waals surface area (Å²) >= 11 is 16.3. The van der Waals surface area contributed by atoms with E-state index < -0.39 is 32.6 Å². The van der Waals surface area contributed by atoms with Crippen molar-refractivity contribution >= 4 is 134 Å². The van der Waals surface area contributed by atoms with E-state index in [-0.39, 0.29) is 14.9 Å². The van der Waals surface area contributed by atoms with Gasteiger partial charge in [0.05, 0.1) is 99.6 Å². The van der Waals surface area contributed by atoms with Crippen molar-refractivity contribution in [3.8, 4) is 34.4 Å². The van der Waals surface area contributed by atoms with Gasteiger partial charge >= 0.3 is 7.12 Å². The number of nitrogens with one attached hydrogen (secondary N) is 4. The van der Waals surface area contributed by atoms with Crippen molar-refractivity contribution in [1.29, 1.82) is 0 Å². The molecule has 0 radical (unpaired) electrons. The van der Waals surface area contributed by atoms with Crippen LogP contribution in [0.3, 0.4) is 0 Å². The van der Waals surface area contributed by atoms with E-state index in [1.807, 2.05) is 64.1 Å². The number of piperazine rings is 2. The van der Waals surface area contributed by atoms with Crippen molar-refractivity contribution < 1.29 is 37.4 Å². The topological polar surface area (TPSA) is 260 Å². The zero-order chi connectivity index (χ0) is 78.8. The van der Waals surface area contributed by atoms with Gasteiger partial charge in [-0.15, -0.1) is 0 Å². The number of halogens is 3. The summed E-state index contributed by atoms with van der Waals surface area (Å²) in [6.45, 7) is 32.7. The van der Waals surface area contributed by atoms with Gasteiger partial charge < -0.3 is 78.3 Å². The zero-order valence-electron chi connectivity index (χ0n) is 66.3. The zero-order valence-corrected chi connectivity index (χ0v) is 71.1. The Balaban J connectivity index is 0.000000227. The van der Waals surface area contributed by atoms with E-state index in [9.17, 15) is 9.13 Å². The number of rotatable bonds is 22. The maximum absolute atomic E-state index is 13.6. The van der Waals surface area contributed by atoms with E-state index >= 15 is 0 Å². The molecule has 112 heavy (non-hydrogen) atoms. The third-order valence-electron chi connectivity index (χ3n) is 21.4. The maximum atomic E-state index is 13.6. The van der Waals surface area contributed by atoms with Gasteiger partial charge in [-0.2, -0.15) is 9.97 Å². The van der Waals surface area contributed by atoms with Crippen LogP contribution < -0.4 is 66.1 Å². The number of ether oxygens (including phenoxy) is 4. The van der Waals surface area contributed by atoms with Crippen molar-refractivity contribution in [2.24, 2.45) is 0 Å². The second-order valence-electron chi connectivity index (χ2n) is 30.1. The van der Waals surface area contributed by atoms with E-state index in [4.69, 9.17) is 61.4 Å². The molecule has 4 aromatic heterocycles. The second kappa shape index (κ2) is 38.8. The molecule has 5 aliphatic rings. The molecule has 0 unspecified atom stereocenters. The predicted octanol–water partition coefficient (Wildman–Crippen LogP) is 14.6. The van der Waals surface area contributed by atoms with Crippen molar-refractivity contribution in [3.05, 3.63) is 124 Å². The first-order valence-electron chi connectivity index (χ1n) is 37.5. The number of aryl methyl sites for hydroxylation is 2. The van der Waals surface area contributed by atoms with E-state index in [0.717, 1.165) is 145 Å². The van der Waals surface area contributed by atoms with Gasteiger partial charge in [-0.3, -0.25) is 9.80 Å². The van der Waals surface area contributed by atoms with Gasteiger partial charge in [0.15, 0.2) is 33.7 Å². The summed E-state index contributed by atoms with van der Waals surface area (Å²) in [5, 5.41) is 15.3. The third-order valence-corrected chi connectivity index (χ3v) is 25.5. The Hall–Kier alpha value is -7.46. The lowest BCUT2D eigenvalue weighted by molar-refractivity contribution is 0.00578. The first kappa shape index (κ1) is 88.5. The minimum absolute atomic E-state index is 0. The lowest BCUT2D eigenvalue weighted by Gasteiger charge is -2.43. The predicted molar refractivity (Wildman–Crippen MR) is 465 cm³/mol. The van der Waals surface area contributed by atoms with Crippen LogP contribution in [0.25, 0.3) is 11.4 Å². The van der Waals surface area contributed by atoms with Gasteiger partial charge in [-0.05, 0) is 182 Å². The van der Waals surface area contributed by atoms with Crippen LogP contribution >= 0.6 is 53.4 Å². The maximum Gasteiger partial charge on any atom is 0.494 e. The summed E-state index contributed by atoms with van der Waals surface area (Å²) in [6.07, 6.45) is 15.9. The third kappa shape index (κ3) is 21.9. The van der Waals surface area contributed by atoms with Gasteiger partial charge in [-0.1, -0.05) is 58.0 Å². The highest BCUT2D eigenvalue weighted by molar-refractivity contribution is 9.10. The van der Waals surface area contributed by atoms with Crippen molar-refractivity contribution in [3.63, 3.8) is 0 Å². The second-order valence-corrected chi connectivity index (χ2v) is 38.0. The number of piperidine rings is 2. The Morgan fingerprint density at radius 1 is 0.509 bits per heavy atom. The van der Waals surface area contributed by atoms with Gasteiger partial charge in [0.1, 0.15) is 35.8 Å². The lowest BCUT2D eigenvalue weighted by atomic mass is 9.79. The minimum atomic E-state index is -2.76. The normalized spacial score (nSPS) is 17.2. The number of aromatic nitrogens is 8. The van der Waals surface area contributed by atoms with Crippen LogP contribution in [-0.4, -0.2) is 238 Å². The van der Waals surface area contributed by atoms with Crippen LogP contribution in [0.1, 0.15) is 93.2 Å². The molecule has 26 nitrogen and oxygen atoms in total. The molecule has 9 heterocycles. The number of methoxy groups -OCH3 is 4. The lowest BCUT2D eigenvalue weighted by Crippen LogP contribution is -2.52. The summed E-state index contributed by atoms with van der Waals surface area (Å²) in [5.41, 5.74) is 8.25. The minimum Gasteiger partial charge on any atom is -0.494 e. The molecule has 0 atom stereocenters. The molecule has 32 heteroatoms. The van der Waals surface area contributed by atoms with Crippen molar-refractivity contribution in [1.82, 2.24) is 59.5 Å². The van der Waals surface area contributed by atoms with Gasteiger partial charge in [0.25, 0.3) is 0 Å². The Labute approximate surface area is 682 Å².